The normalized spacial score (nSPS) is 26.5. The van der Waals surface area contributed by atoms with Gasteiger partial charge in [-0.1, -0.05) is 60.3 Å². The predicted octanol–water partition coefficient (Wildman–Crippen LogP) is 5.74. The molecule has 194 valence electrons. The van der Waals surface area contributed by atoms with Crippen molar-refractivity contribution in [2.75, 3.05) is 6.54 Å². The molecule has 4 atom stereocenters. The SMILES string of the molecule is CCC/C(=C\c1cc(Br)ccc1O)CC[C@H]1OB(O)C[C@H]2C1=C(CC)C[C@H]1C(=O)N(CCC)C(=O)[C@H]12. The zero-order chi connectivity index (χ0) is 26.0. The van der Waals surface area contributed by atoms with E-state index in [2.05, 4.69) is 29.8 Å². The third kappa shape index (κ3) is 5.36. The molecule has 1 aromatic rings. The molecule has 1 aliphatic carbocycles. The van der Waals surface area contributed by atoms with Gasteiger partial charge in [-0.2, -0.15) is 0 Å². The Morgan fingerprint density at radius 1 is 1.17 bits per heavy atom. The third-order valence-electron chi connectivity index (χ3n) is 7.92. The summed E-state index contributed by atoms with van der Waals surface area (Å²) in [5.41, 5.74) is 4.34. The van der Waals surface area contributed by atoms with E-state index in [4.69, 9.17) is 4.65 Å². The van der Waals surface area contributed by atoms with Gasteiger partial charge in [0.25, 0.3) is 0 Å². The average Bonchev–Trinajstić information content (AvgIpc) is 3.09. The number of imide groups is 1. The summed E-state index contributed by atoms with van der Waals surface area (Å²) in [6.45, 7) is 6.68. The monoisotopic (exact) mass is 557 g/mol. The minimum absolute atomic E-state index is 0.0450. The molecule has 8 heteroatoms. The molecule has 2 N–H and O–H groups in total. The highest BCUT2D eigenvalue weighted by Gasteiger charge is 2.56. The van der Waals surface area contributed by atoms with Gasteiger partial charge in [-0.25, -0.2) is 0 Å². The first-order valence-corrected chi connectivity index (χ1v) is 14.2. The van der Waals surface area contributed by atoms with Crippen molar-refractivity contribution in [2.24, 2.45) is 17.8 Å². The van der Waals surface area contributed by atoms with Crippen LogP contribution in [0.5, 0.6) is 5.75 Å². The molecule has 0 saturated carbocycles. The lowest BCUT2D eigenvalue weighted by Crippen LogP contribution is -2.46. The first-order chi connectivity index (χ1) is 17.3. The number of hydrogen-bond acceptors (Lipinski definition) is 5. The maximum atomic E-state index is 13.3. The number of benzene rings is 1. The van der Waals surface area contributed by atoms with E-state index in [0.717, 1.165) is 47.7 Å². The van der Waals surface area contributed by atoms with E-state index >= 15 is 0 Å². The molecular weight excluding hydrogens is 521 g/mol. The second-order valence-electron chi connectivity index (χ2n) is 10.3. The van der Waals surface area contributed by atoms with Crippen LogP contribution in [0.4, 0.5) is 0 Å². The fourth-order valence-electron chi connectivity index (χ4n) is 6.38. The van der Waals surface area contributed by atoms with Gasteiger partial charge in [-0.3, -0.25) is 14.5 Å². The maximum Gasteiger partial charge on any atom is 0.455 e. The molecular formula is C28H37BBrNO5. The Morgan fingerprint density at radius 2 is 1.94 bits per heavy atom. The Balaban J connectivity index is 1.61. The van der Waals surface area contributed by atoms with Crippen molar-refractivity contribution in [3.05, 3.63) is 45.0 Å². The summed E-state index contributed by atoms with van der Waals surface area (Å²) in [5.74, 6) is -0.733. The van der Waals surface area contributed by atoms with Gasteiger partial charge in [0.2, 0.25) is 11.8 Å². The van der Waals surface area contributed by atoms with Crippen LogP contribution >= 0.6 is 15.9 Å². The van der Waals surface area contributed by atoms with Crippen LogP contribution in [0.25, 0.3) is 6.08 Å². The van der Waals surface area contributed by atoms with Crippen molar-refractivity contribution in [1.82, 2.24) is 4.90 Å². The van der Waals surface area contributed by atoms with Gasteiger partial charge < -0.3 is 14.8 Å². The number of fused-ring (bicyclic) bond motifs is 3. The summed E-state index contributed by atoms with van der Waals surface area (Å²) in [7, 11) is -0.948. The van der Waals surface area contributed by atoms with Crippen LogP contribution in [0.3, 0.4) is 0 Å². The Bertz CT molecular complexity index is 1070. The number of phenolic OH excluding ortho intramolecular Hbond substituents is 1. The lowest BCUT2D eigenvalue weighted by molar-refractivity contribution is -0.140. The zero-order valence-corrected chi connectivity index (χ0v) is 23.1. The molecule has 0 spiro atoms. The summed E-state index contributed by atoms with van der Waals surface area (Å²) >= 11 is 3.48. The van der Waals surface area contributed by atoms with E-state index < -0.39 is 7.12 Å². The Morgan fingerprint density at radius 3 is 2.64 bits per heavy atom. The Kier molecular flexibility index (Phi) is 8.79. The van der Waals surface area contributed by atoms with Crippen molar-refractivity contribution in [3.8, 4) is 5.75 Å². The Labute approximate surface area is 223 Å². The number of halogens is 1. The van der Waals surface area contributed by atoms with Crippen LogP contribution < -0.4 is 0 Å². The van der Waals surface area contributed by atoms with Crippen LogP contribution in [0.2, 0.25) is 6.32 Å². The molecule has 2 saturated heterocycles. The number of carbonyl (C=O) groups excluding carboxylic acids is 2. The second kappa shape index (κ2) is 11.7. The van der Waals surface area contributed by atoms with Crippen molar-refractivity contribution < 1.29 is 24.4 Å². The van der Waals surface area contributed by atoms with E-state index in [0.29, 0.717) is 25.7 Å². The van der Waals surface area contributed by atoms with Crippen LogP contribution in [-0.4, -0.2) is 46.6 Å². The molecule has 3 aliphatic rings. The molecule has 1 aromatic carbocycles. The minimum atomic E-state index is -0.948. The maximum absolute atomic E-state index is 13.3. The molecule has 2 fully saturated rings. The second-order valence-corrected chi connectivity index (χ2v) is 11.2. The molecule has 0 bridgehead atoms. The lowest BCUT2D eigenvalue weighted by Gasteiger charge is -2.43. The van der Waals surface area contributed by atoms with Gasteiger partial charge in [0.05, 0.1) is 17.9 Å². The predicted molar refractivity (Wildman–Crippen MR) is 145 cm³/mol. The van der Waals surface area contributed by atoms with Crippen molar-refractivity contribution in [3.63, 3.8) is 0 Å². The van der Waals surface area contributed by atoms with Gasteiger partial charge in [-0.15, -0.1) is 0 Å². The summed E-state index contributed by atoms with van der Waals surface area (Å²) in [6, 6.07) is 5.41. The summed E-state index contributed by atoms with van der Waals surface area (Å²) in [4.78, 5) is 27.9. The first kappa shape index (κ1) is 27.1. The van der Waals surface area contributed by atoms with Crippen molar-refractivity contribution >= 4 is 40.9 Å². The zero-order valence-electron chi connectivity index (χ0n) is 21.5. The number of allylic oxidation sites excluding steroid dienone is 2. The molecule has 0 radical (unpaired) electrons. The summed E-state index contributed by atoms with van der Waals surface area (Å²) in [6.07, 6.45) is 7.61. The molecule has 2 aliphatic heterocycles. The number of hydrogen-bond donors (Lipinski definition) is 2. The van der Waals surface area contributed by atoms with E-state index in [1.54, 1.807) is 6.07 Å². The van der Waals surface area contributed by atoms with E-state index in [1.807, 2.05) is 25.1 Å². The van der Waals surface area contributed by atoms with Crippen LogP contribution in [0.1, 0.15) is 71.3 Å². The van der Waals surface area contributed by atoms with Crippen LogP contribution in [0, 0.1) is 17.8 Å². The number of phenols is 1. The fraction of sp³-hybridized carbons (Fsp3) is 0.571. The van der Waals surface area contributed by atoms with Gasteiger partial charge in [0.15, 0.2) is 0 Å². The Hall–Kier alpha value is -1.90. The lowest BCUT2D eigenvalue weighted by atomic mass is 9.58. The molecule has 2 amide bonds. The third-order valence-corrected chi connectivity index (χ3v) is 8.41. The number of carbonyl (C=O) groups is 2. The standard InChI is InChI=1S/C28H37BBrNO5/c1-4-7-17(13-19-14-20(30)9-10-23(19)32)8-11-24-25-18(6-3)15-21-26(22(25)16-29(35)36-24)28(34)31(12-5-2)27(21)33/h9-10,13-14,21-22,24,26,32,35H,4-8,11-12,15-16H2,1-3H3/b17-13+/t21-,22+,24-,26-/m1/s1. The summed E-state index contributed by atoms with van der Waals surface area (Å²) < 4.78 is 7.01. The quantitative estimate of drug-likeness (QED) is 0.230. The van der Waals surface area contributed by atoms with Crippen molar-refractivity contribution in [2.45, 2.75) is 78.1 Å². The smallest absolute Gasteiger partial charge is 0.455 e. The first-order valence-electron chi connectivity index (χ1n) is 13.4. The van der Waals surface area contributed by atoms with Crippen LogP contribution in [0.15, 0.2) is 39.4 Å². The number of likely N-dealkylation sites (tertiary alicyclic amines) is 1. The number of nitrogens with zero attached hydrogens (tertiary/aromatic N) is 1. The molecule has 0 unspecified atom stereocenters. The van der Waals surface area contributed by atoms with E-state index in [9.17, 15) is 19.7 Å². The van der Waals surface area contributed by atoms with Crippen molar-refractivity contribution in [1.29, 1.82) is 0 Å². The average molecular weight is 558 g/mol. The largest absolute Gasteiger partial charge is 0.507 e. The van der Waals surface area contributed by atoms with Gasteiger partial charge >= 0.3 is 7.12 Å². The topological polar surface area (TPSA) is 87.1 Å². The molecule has 2 heterocycles. The molecule has 36 heavy (non-hydrogen) atoms. The van der Waals surface area contributed by atoms with E-state index in [-0.39, 0.29) is 41.4 Å². The number of rotatable bonds is 9. The highest BCUT2D eigenvalue weighted by Crippen LogP contribution is 2.51. The molecule has 6 nitrogen and oxygen atoms in total. The molecule has 0 aromatic heterocycles. The highest BCUT2D eigenvalue weighted by atomic mass is 79.9. The van der Waals surface area contributed by atoms with E-state index in [1.165, 1.54) is 16.0 Å². The van der Waals surface area contributed by atoms with Gasteiger partial charge in [0, 0.05) is 16.6 Å². The number of aromatic hydroxyl groups is 1. The number of amides is 2. The van der Waals surface area contributed by atoms with Gasteiger partial charge in [0.1, 0.15) is 5.75 Å². The van der Waals surface area contributed by atoms with Gasteiger partial charge in [-0.05, 0) is 74.5 Å². The minimum Gasteiger partial charge on any atom is -0.507 e. The summed E-state index contributed by atoms with van der Waals surface area (Å²) in [5, 5.41) is 21.0. The fourth-order valence-corrected chi connectivity index (χ4v) is 6.76. The van der Waals surface area contributed by atoms with Crippen LogP contribution in [-0.2, 0) is 14.2 Å². The highest BCUT2D eigenvalue weighted by molar-refractivity contribution is 9.10. The molecule has 4 rings (SSSR count).